The fourth-order valence-corrected chi connectivity index (χ4v) is 13.6. The summed E-state index contributed by atoms with van der Waals surface area (Å²) in [6.07, 6.45) is 18.6. The Morgan fingerprint density at radius 2 is 0.773 bits per heavy atom. The minimum absolute atomic E-state index is 0. The van der Waals surface area contributed by atoms with Gasteiger partial charge in [-0.1, -0.05) is 57.3 Å². The molecule has 20 N–H and O–H groups in total. The van der Waals surface area contributed by atoms with Crippen LogP contribution in [0.1, 0.15) is 53.9 Å². The van der Waals surface area contributed by atoms with E-state index in [9.17, 15) is 5.11 Å². The van der Waals surface area contributed by atoms with Gasteiger partial charge in [0.05, 0.1) is 57.9 Å². The smallest absolute Gasteiger partial charge is 0.175 e. The van der Waals surface area contributed by atoms with Crippen LogP contribution in [-0.4, -0.2) is 219 Å². The molecule has 0 aliphatic carbocycles. The van der Waals surface area contributed by atoms with E-state index in [4.69, 9.17) is 50.3 Å². The van der Waals surface area contributed by atoms with E-state index >= 15 is 0 Å². The summed E-state index contributed by atoms with van der Waals surface area (Å²) in [4.78, 5) is 12.9. The quantitative estimate of drug-likeness (QED) is 0.0549. The molecular weight excluding hydrogens is 1390 g/mol. The van der Waals surface area contributed by atoms with Crippen molar-refractivity contribution >= 4 is 119 Å². The van der Waals surface area contributed by atoms with Gasteiger partial charge in [0.1, 0.15) is 39.8 Å². The molecular formula is C77H110N30O3. The maximum absolute atomic E-state index is 9.51. The summed E-state index contributed by atoms with van der Waals surface area (Å²) >= 11 is 0. The van der Waals surface area contributed by atoms with Gasteiger partial charge in [0.15, 0.2) is 40.7 Å². The Morgan fingerprint density at radius 3 is 1.14 bits per heavy atom. The highest BCUT2D eigenvalue weighted by Crippen LogP contribution is 2.34. The molecule has 586 valence electrons. The van der Waals surface area contributed by atoms with Crippen molar-refractivity contribution in [3.8, 4) is 0 Å². The zero-order chi connectivity index (χ0) is 75.8. The van der Waals surface area contributed by atoms with Crippen LogP contribution in [0.15, 0.2) is 171 Å². The number of fused-ring (bicyclic) bond motifs is 7. The molecule has 2 atom stereocenters. The molecule has 4 aliphatic heterocycles. The number of β-amino-alcohol motifs (C(OH)–C–C–N with tert-alkyl or cyclic N) is 1. The number of likely N-dealkylation sites (N-methyl/N-ethyl adjacent to an activating group) is 1. The summed E-state index contributed by atoms with van der Waals surface area (Å²) in [5, 5.41) is 67.9. The van der Waals surface area contributed by atoms with Gasteiger partial charge in [0.25, 0.3) is 0 Å². The van der Waals surface area contributed by atoms with Crippen molar-refractivity contribution in [3.63, 3.8) is 0 Å². The minimum Gasteiger partial charge on any atom is -0.395 e. The zero-order valence-electron chi connectivity index (χ0n) is 61.8. The summed E-state index contributed by atoms with van der Waals surface area (Å²) < 4.78 is 12.5. The molecule has 110 heavy (non-hydrogen) atoms. The number of anilines is 14. The second-order valence-electron chi connectivity index (χ2n) is 26.7. The number of nitrogens with zero attached hydrogens (tertiary/aromatic N) is 20. The monoisotopic (exact) mass is 1500 g/mol. The Balaban J connectivity index is 0.000000137. The normalized spacial score (nSPS) is 15.3. The van der Waals surface area contributed by atoms with E-state index in [1.807, 2.05) is 196 Å². The second-order valence-corrected chi connectivity index (χ2v) is 26.7. The summed E-state index contributed by atoms with van der Waals surface area (Å²) in [5.74, 6) is 5.64. The maximum atomic E-state index is 9.51. The summed E-state index contributed by atoms with van der Waals surface area (Å²) in [6, 6.07) is 41.5. The number of aromatic nitrogens is 14. The van der Waals surface area contributed by atoms with Gasteiger partial charge in [-0.2, -0.15) is 0 Å². The van der Waals surface area contributed by atoms with E-state index in [0.29, 0.717) is 54.2 Å². The lowest BCUT2D eigenvalue weighted by Gasteiger charge is -2.20. The summed E-state index contributed by atoms with van der Waals surface area (Å²) in [5.41, 5.74) is 53.8. The van der Waals surface area contributed by atoms with Crippen LogP contribution in [-0.2, 0) is 0 Å². The average Bonchev–Trinajstić information content (AvgIpc) is 1.66. The van der Waals surface area contributed by atoms with Crippen molar-refractivity contribution in [1.29, 1.82) is 0 Å². The molecule has 0 spiro atoms. The van der Waals surface area contributed by atoms with Gasteiger partial charge in [0.2, 0.25) is 0 Å². The number of nitrogens with two attached hydrogens (primary N) is 7. The Bertz CT molecular complexity index is 5110. The van der Waals surface area contributed by atoms with Gasteiger partial charge in [-0.3, -0.25) is 0 Å². The third kappa shape index (κ3) is 18.2. The van der Waals surface area contributed by atoms with E-state index in [2.05, 4.69) is 85.3 Å². The maximum Gasteiger partial charge on any atom is 0.175 e. The SMILES string of the molecule is C.C.CCNc1nn2ccccc2c1N.CN(C)C1CCN(c2nn3ccccc3c2N)C1.CNc1nn2ccccc2c1N.Nc1c(N(CCO)CCO)nn2ccccc12.Nc1c(N2CCC(O)C2)nn2ccccc12.Nc1c(N2CCCC2)nn2ccccc12.Nc1c(N2CCCNCC2)nn2ccccc12. The van der Waals surface area contributed by atoms with Crippen LogP contribution < -0.4 is 80.6 Å². The lowest BCUT2D eigenvalue weighted by Crippen LogP contribution is -2.31. The van der Waals surface area contributed by atoms with Crippen molar-refractivity contribution < 1.29 is 15.3 Å². The summed E-state index contributed by atoms with van der Waals surface area (Å²) in [6.45, 7) is 13.3. The van der Waals surface area contributed by atoms with Crippen LogP contribution in [0.3, 0.4) is 0 Å². The molecule has 14 aromatic heterocycles. The number of hydrogen-bond donors (Lipinski definition) is 13. The Morgan fingerprint density at radius 1 is 0.418 bits per heavy atom. The number of nitrogens with one attached hydrogen (secondary N) is 3. The van der Waals surface area contributed by atoms with Crippen LogP contribution in [0.5, 0.6) is 0 Å². The molecule has 4 aliphatic rings. The van der Waals surface area contributed by atoms with E-state index in [1.54, 1.807) is 30.0 Å². The number of nitrogen functional groups attached to an aromatic ring is 7. The van der Waals surface area contributed by atoms with Crippen molar-refractivity contribution in [2.24, 2.45) is 0 Å². The number of aliphatic hydroxyl groups excluding tert-OH is 3. The second kappa shape index (κ2) is 37.6. The fraction of sp³-hybridized carbons (Fsp3) is 0.364. The molecule has 33 nitrogen and oxygen atoms in total. The Labute approximate surface area is 640 Å². The van der Waals surface area contributed by atoms with Crippen molar-refractivity contribution in [3.05, 3.63) is 171 Å². The van der Waals surface area contributed by atoms with E-state index in [-0.39, 0.29) is 34.2 Å². The highest BCUT2D eigenvalue weighted by atomic mass is 16.3. The van der Waals surface area contributed by atoms with Crippen LogP contribution >= 0.6 is 0 Å². The van der Waals surface area contributed by atoms with Gasteiger partial charge in [-0.25, -0.2) is 31.6 Å². The van der Waals surface area contributed by atoms with Crippen molar-refractivity contribution in [2.45, 2.75) is 66.0 Å². The van der Waals surface area contributed by atoms with E-state index in [0.717, 1.165) is 169 Å². The Kier molecular flexibility index (Phi) is 27.5. The first-order valence-electron chi connectivity index (χ1n) is 36.6. The highest BCUT2D eigenvalue weighted by molar-refractivity contribution is 5.86. The molecule has 0 radical (unpaired) electrons. The molecule has 33 heteroatoms. The van der Waals surface area contributed by atoms with Gasteiger partial charge < -0.3 is 101 Å². The first kappa shape index (κ1) is 80.4. The zero-order valence-corrected chi connectivity index (χ0v) is 61.8. The number of aliphatic hydroxyl groups is 3. The molecule has 18 heterocycles. The van der Waals surface area contributed by atoms with Crippen LogP contribution in [0.25, 0.3) is 38.6 Å². The average molecular weight is 1500 g/mol. The van der Waals surface area contributed by atoms with Crippen LogP contribution in [0.4, 0.5) is 80.5 Å². The fourth-order valence-electron chi connectivity index (χ4n) is 13.6. The number of rotatable bonds is 13. The third-order valence-corrected chi connectivity index (χ3v) is 19.3. The van der Waals surface area contributed by atoms with Crippen LogP contribution in [0.2, 0.25) is 0 Å². The standard InChI is InChI=1S/C13H19N5.C12H17N5.C11H16N4O2.C11H14N4O.C11H14N4.C9H12N4.C8H10N4.2CH4/c1-16(2)10-6-8-17(9-10)13-12(14)11-5-3-4-7-18(11)15-13;13-11-10-4-1-2-8-17(10)15-12(11)16-7-3-5-14-6-9-16;12-10-9-3-1-2-4-15(9)13-11(10)14(5-7-16)6-8-17;12-10-9-3-1-2-5-15(9)13-11(10)14-6-4-8(16)7-14;12-10-9-5-1-2-8-15(9)13-11(10)14-6-3-4-7-14;1-2-11-9-8(10)7-5-3-4-6-13(7)12-9;1-10-8-7(9)6-4-2-3-5-12(6)11-8;;/h3-5,7,10H,6,8-9,14H2,1-2H3;1-2,4,8,14H,3,5-7,9,13H2;1-4,16-17H,5-8,12H2;1-3,5,8,16H,4,6-7,12H2;1-2,5,8H,3-4,6-7,12H2;3-6H,2,10H2,1H3,(H,11,12);2-5H,9H2,1H3,(H,10,11);2*1H4. The number of hydrogen-bond acceptors (Lipinski definition) is 26. The summed E-state index contributed by atoms with van der Waals surface area (Å²) in [7, 11) is 6.06. The van der Waals surface area contributed by atoms with Crippen molar-refractivity contribution in [2.75, 3.05) is 195 Å². The minimum atomic E-state index is -0.260. The molecule has 0 aromatic carbocycles. The number of pyridine rings is 7. The first-order valence-corrected chi connectivity index (χ1v) is 36.6. The predicted octanol–water partition coefficient (Wildman–Crippen LogP) is 7.06. The van der Waals surface area contributed by atoms with Gasteiger partial charge in [0, 0.05) is 135 Å². The predicted molar refractivity (Wildman–Crippen MR) is 449 cm³/mol. The Hall–Kier alpha value is -12.2. The molecule has 2 unspecified atom stereocenters. The molecule has 14 aromatic rings. The third-order valence-electron chi connectivity index (χ3n) is 19.3. The highest BCUT2D eigenvalue weighted by Gasteiger charge is 2.29. The molecule has 18 rings (SSSR count). The van der Waals surface area contributed by atoms with E-state index < -0.39 is 0 Å². The molecule has 0 bridgehead atoms. The van der Waals surface area contributed by atoms with Gasteiger partial charge in [-0.05, 0) is 145 Å². The lowest BCUT2D eigenvalue weighted by molar-refractivity contribution is 0.198. The molecule has 4 fully saturated rings. The van der Waals surface area contributed by atoms with Gasteiger partial charge >= 0.3 is 0 Å². The van der Waals surface area contributed by atoms with Gasteiger partial charge in [-0.15, -0.1) is 35.7 Å². The first-order chi connectivity index (χ1) is 52.6. The van der Waals surface area contributed by atoms with Crippen LogP contribution in [0, 0.1) is 0 Å². The lowest BCUT2D eigenvalue weighted by atomic mass is 10.2. The largest absolute Gasteiger partial charge is 0.395 e. The molecule has 0 saturated carbocycles. The molecule has 0 amide bonds. The van der Waals surface area contributed by atoms with Crippen molar-refractivity contribution in [1.82, 2.24) is 77.5 Å². The molecule has 4 saturated heterocycles. The van der Waals surface area contributed by atoms with E-state index in [1.165, 1.54) is 19.3 Å². The topological polar surface area (TPSA) is 419 Å².